The van der Waals surface area contributed by atoms with Gasteiger partial charge in [-0.15, -0.1) is 0 Å². The van der Waals surface area contributed by atoms with Crippen LogP contribution in [0, 0.1) is 13.8 Å². The summed E-state index contributed by atoms with van der Waals surface area (Å²) < 4.78 is 7.80. The lowest BCUT2D eigenvalue weighted by Gasteiger charge is -2.12. The van der Waals surface area contributed by atoms with Gasteiger partial charge in [0.25, 0.3) is 0 Å². The lowest BCUT2D eigenvalue weighted by molar-refractivity contribution is 0.475. The fourth-order valence-corrected chi connectivity index (χ4v) is 2.51. The molecule has 0 radical (unpaired) electrons. The highest BCUT2D eigenvalue weighted by Crippen LogP contribution is 2.35. The van der Waals surface area contributed by atoms with Crippen molar-refractivity contribution in [2.45, 2.75) is 13.8 Å². The van der Waals surface area contributed by atoms with Gasteiger partial charge in [0.1, 0.15) is 11.5 Å². The van der Waals surface area contributed by atoms with E-state index >= 15 is 0 Å². The van der Waals surface area contributed by atoms with E-state index in [0.717, 1.165) is 37.3 Å². The predicted octanol–water partition coefficient (Wildman–Crippen LogP) is 5.20. The average molecular weight is 371 g/mol. The molecule has 2 aromatic rings. The molecule has 0 aliphatic rings. The summed E-state index contributed by atoms with van der Waals surface area (Å²) in [5, 5.41) is 0. The van der Waals surface area contributed by atoms with Crippen LogP contribution in [-0.2, 0) is 0 Å². The molecule has 0 fully saturated rings. The van der Waals surface area contributed by atoms with Crippen molar-refractivity contribution in [1.29, 1.82) is 0 Å². The Balaban J connectivity index is 2.37. The zero-order valence-corrected chi connectivity index (χ0v) is 13.3. The number of halogens is 2. The SMILES string of the molecule is Cc1cc(Oc2ccc(Br)cc2C)c(Br)cc1N. The minimum Gasteiger partial charge on any atom is -0.456 e. The van der Waals surface area contributed by atoms with Gasteiger partial charge in [0, 0.05) is 10.2 Å². The van der Waals surface area contributed by atoms with Gasteiger partial charge >= 0.3 is 0 Å². The van der Waals surface area contributed by atoms with Crippen LogP contribution in [0.4, 0.5) is 5.69 Å². The minimum atomic E-state index is 0.752. The number of rotatable bonds is 2. The largest absolute Gasteiger partial charge is 0.456 e. The summed E-state index contributed by atoms with van der Waals surface area (Å²) in [6, 6.07) is 9.71. The quantitative estimate of drug-likeness (QED) is 0.737. The molecule has 2 nitrogen and oxygen atoms in total. The van der Waals surface area contributed by atoms with Crippen LogP contribution in [0.25, 0.3) is 0 Å². The molecule has 2 rings (SSSR count). The second kappa shape index (κ2) is 5.33. The zero-order valence-electron chi connectivity index (χ0n) is 10.1. The van der Waals surface area contributed by atoms with E-state index < -0.39 is 0 Å². The number of anilines is 1. The van der Waals surface area contributed by atoms with E-state index in [9.17, 15) is 0 Å². The molecule has 0 aliphatic heterocycles. The summed E-state index contributed by atoms with van der Waals surface area (Å²) in [7, 11) is 0. The molecule has 0 bridgehead atoms. The molecule has 2 aromatic carbocycles. The van der Waals surface area contributed by atoms with Crippen LogP contribution in [0.2, 0.25) is 0 Å². The molecular formula is C14H13Br2NO. The summed E-state index contributed by atoms with van der Waals surface area (Å²) in [6.07, 6.45) is 0. The van der Waals surface area contributed by atoms with Crippen LogP contribution in [0.3, 0.4) is 0 Å². The van der Waals surface area contributed by atoms with Crippen LogP contribution < -0.4 is 10.5 Å². The summed E-state index contributed by atoms with van der Waals surface area (Å²) in [4.78, 5) is 0. The number of nitrogen functional groups attached to an aromatic ring is 1. The fourth-order valence-electron chi connectivity index (χ4n) is 1.59. The van der Waals surface area contributed by atoms with Crippen LogP contribution in [0.1, 0.15) is 11.1 Å². The summed E-state index contributed by atoms with van der Waals surface area (Å²) >= 11 is 6.90. The Bertz CT molecular complexity index is 597. The van der Waals surface area contributed by atoms with Gasteiger partial charge < -0.3 is 10.5 Å². The van der Waals surface area contributed by atoms with Gasteiger partial charge in [0.2, 0.25) is 0 Å². The average Bonchev–Trinajstić information content (AvgIpc) is 2.29. The molecule has 0 amide bonds. The van der Waals surface area contributed by atoms with Crippen molar-refractivity contribution >= 4 is 37.5 Å². The molecule has 18 heavy (non-hydrogen) atoms. The molecule has 0 aromatic heterocycles. The highest BCUT2D eigenvalue weighted by molar-refractivity contribution is 9.10. The molecule has 0 heterocycles. The van der Waals surface area contributed by atoms with Gasteiger partial charge in [-0.3, -0.25) is 0 Å². The maximum absolute atomic E-state index is 5.91. The van der Waals surface area contributed by atoms with E-state index in [4.69, 9.17) is 10.5 Å². The van der Waals surface area contributed by atoms with Crippen molar-refractivity contribution in [3.63, 3.8) is 0 Å². The van der Waals surface area contributed by atoms with E-state index in [-0.39, 0.29) is 0 Å². The number of nitrogens with two attached hydrogens (primary N) is 1. The third kappa shape index (κ3) is 2.87. The Hall–Kier alpha value is -1.00. The normalized spacial score (nSPS) is 10.4. The van der Waals surface area contributed by atoms with Crippen molar-refractivity contribution in [1.82, 2.24) is 0 Å². The van der Waals surface area contributed by atoms with Gasteiger partial charge in [0.05, 0.1) is 4.47 Å². The maximum atomic E-state index is 5.91. The number of hydrogen-bond acceptors (Lipinski definition) is 2. The first-order chi connectivity index (χ1) is 8.47. The van der Waals surface area contributed by atoms with Crippen LogP contribution >= 0.6 is 31.9 Å². The number of aryl methyl sites for hydroxylation is 2. The number of hydrogen-bond donors (Lipinski definition) is 1. The molecule has 4 heteroatoms. The molecule has 2 N–H and O–H groups in total. The van der Waals surface area contributed by atoms with Crippen molar-refractivity contribution in [3.8, 4) is 11.5 Å². The molecule has 0 saturated heterocycles. The molecule has 0 atom stereocenters. The van der Waals surface area contributed by atoms with Crippen molar-refractivity contribution in [2.75, 3.05) is 5.73 Å². The third-order valence-electron chi connectivity index (χ3n) is 2.68. The molecule has 0 unspecified atom stereocenters. The number of ether oxygens (including phenoxy) is 1. The topological polar surface area (TPSA) is 35.2 Å². The smallest absolute Gasteiger partial charge is 0.142 e. The molecular weight excluding hydrogens is 358 g/mol. The summed E-state index contributed by atoms with van der Waals surface area (Å²) in [5.74, 6) is 1.61. The molecule has 0 saturated carbocycles. The van der Waals surface area contributed by atoms with Crippen LogP contribution in [0.5, 0.6) is 11.5 Å². The van der Waals surface area contributed by atoms with Crippen molar-refractivity contribution < 1.29 is 4.74 Å². The van der Waals surface area contributed by atoms with Crippen molar-refractivity contribution in [3.05, 3.63) is 50.4 Å². The minimum absolute atomic E-state index is 0.752. The summed E-state index contributed by atoms with van der Waals surface area (Å²) in [6.45, 7) is 3.97. The zero-order chi connectivity index (χ0) is 13.3. The Kier molecular flexibility index (Phi) is 3.97. The van der Waals surface area contributed by atoms with Crippen LogP contribution in [0.15, 0.2) is 39.3 Å². The molecule has 94 valence electrons. The number of benzene rings is 2. The van der Waals surface area contributed by atoms with Crippen LogP contribution in [-0.4, -0.2) is 0 Å². The van der Waals surface area contributed by atoms with E-state index in [1.54, 1.807) is 0 Å². The van der Waals surface area contributed by atoms with Crippen molar-refractivity contribution in [2.24, 2.45) is 0 Å². The first-order valence-electron chi connectivity index (χ1n) is 5.47. The molecule has 0 spiro atoms. The fraction of sp³-hybridized carbons (Fsp3) is 0.143. The standard InChI is InChI=1S/C14H13Br2NO/c1-8-6-14(11(16)7-12(8)17)18-13-4-3-10(15)5-9(13)2/h3-7H,17H2,1-2H3. The second-order valence-corrected chi connectivity index (χ2v) is 5.92. The Morgan fingerprint density at radius 2 is 1.67 bits per heavy atom. The first-order valence-corrected chi connectivity index (χ1v) is 7.05. The Labute approximate surface area is 123 Å². The monoisotopic (exact) mass is 369 g/mol. The molecule has 0 aliphatic carbocycles. The Morgan fingerprint density at radius 1 is 0.944 bits per heavy atom. The van der Waals surface area contributed by atoms with E-state index in [2.05, 4.69) is 31.9 Å². The lowest BCUT2D eigenvalue weighted by atomic mass is 10.2. The van der Waals surface area contributed by atoms with E-state index in [1.807, 2.05) is 44.2 Å². The lowest BCUT2D eigenvalue weighted by Crippen LogP contribution is -1.93. The van der Waals surface area contributed by atoms with Gasteiger partial charge in [-0.25, -0.2) is 0 Å². The van der Waals surface area contributed by atoms with E-state index in [1.165, 1.54) is 0 Å². The summed E-state index contributed by atoms with van der Waals surface area (Å²) in [5.41, 5.74) is 8.67. The van der Waals surface area contributed by atoms with Gasteiger partial charge in [-0.1, -0.05) is 15.9 Å². The van der Waals surface area contributed by atoms with Gasteiger partial charge in [0.15, 0.2) is 0 Å². The highest BCUT2D eigenvalue weighted by atomic mass is 79.9. The second-order valence-electron chi connectivity index (χ2n) is 4.15. The maximum Gasteiger partial charge on any atom is 0.142 e. The van der Waals surface area contributed by atoms with Gasteiger partial charge in [-0.2, -0.15) is 0 Å². The Morgan fingerprint density at radius 3 is 2.33 bits per heavy atom. The highest BCUT2D eigenvalue weighted by Gasteiger charge is 2.08. The first kappa shape index (κ1) is 13.4. The third-order valence-corrected chi connectivity index (χ3v) is 3.79. The van der Waals surface area contributed by atoms with Gasteiger partial charge in [-0.05, 0) is 71.2 Å². The predicted molar refractivity (Wildman–Crippen MR) is 82.2 cm³/mol. The van der Waals surface area contributed by atoms with E-state index in [0.29, 0.717) is 0 Å².